The largest absolute Gasteiger partial charge is 0.336 e. The number of aromatic nitrogens is 3. The van der Waals surface area contributed by atoms with Gasteiger partial charge in [-0.3, -0.25) is 4.79 Å². The van der Waals surface area contributed by atoms with Crippen LogP contribution in [0, 0.1) is 5.92 Å². The van der Waals surface area contributed by atoms with Crippen molar-refractivity contribution >= 4 is 27.8 Å². The molecule has 3 aromatic carbocycles. The van der Waals surface area contributed by atoms with E-state index in [0.29, 0.717) is 5.92 Å². The highest BCUT2D eigenvalue weighted by Gasteiger charge is 2.31. The normalized spacial score (nSPS) is 17.2. The van der Waals surface area contributed by atoms with Gasteiger partial charge in [-0.25, -0.2) is 4.98 Å². The highest BCUT2D eigenvalue weighted by Crippen LogP contribution is 2.34. The minimum Gasteiger partial charge on any atom is -0.336 e. The van der Waals surface area contributed by atoms with Crippen molar-refractivity contribution in [2.24, 2.45) is 5.92 Å². The third-order valence-corrected chi connectivity index (χ3v) is 7.72. The summed E-state index contributed by atoms with van der Waals surface area (Å²) in [6.07, 6.45) is 1.06. The van der Waals surface area contributed by atoms with Gasteiger partial charge in [-0.1, -0.05) is 69.3 Å². The van der Waals surface area contributed by atoms with Crippen LogP contribution in [0.1, 0.15) is 69.9 Å². The minimum atomic E-state index is 0.109. The lowest BCUT2D eigenvalue weighted by atomic mass is 10.1. The summed E-state index contributed by atoms with van der Waals surface area (Å²) in [6, 6.07) is 27.9. The molecule has 0 radical (unpaired) electrons. The molecule has 5 heteroatoms. The molecule has 5 nitrogen and oxygen atoms in total. The maximum atomic E-state index is 13.4. The van der Waals surface area contributed by atoms with Gasteiger partial charge in [-0.2, -0.15) is 0 Å². The van der Waals surface area contributed by atoms with E-state index in [-0.39, 0.29) is 18.0 Å². The van der Waals surface area contributed by atoms with Crippen molar-refractivity contribution in [3.05, 3.63) is 90.0 Å². The molecule has 0 bridgehead atoms. The first-order chi connectivity index (χ1) is 18.9. The van der Waals surface area contributed by atoms with Gasteiger partial charge < -0.3 is 14.0 Å². The zero-order chi connectivity index (χ0) is 27.7. The Morgan fingerprint density at radius 3 is 2.33 bits per heavy atom. The standard InChI is InChI=1S/C32H34N4O.C2H6/c1-21(2)36-29-15-14-26(32(37)34-19-22(3)16-23(34)4)17-27(29)33-31(36)30-18-25-12-8-9-13-28(25)35(30)20-24-10-6-5-7-11-24;1-2/h5-15,17-18,21-23H,16,19-20H2,1-4H3;1-2H3/t22?,23-;/m0./s1. The first-order valence-electron chi connectivity index (χ1n) is 14.4. The van der Waals surface area contributed by atoms with Crippen LogP contribution >= 0.6 is 0 Å². The molecule has 1 aliphatic rings. The molecular formula is C34H40N4O. The van der Waals surface area contributed by atoms with Crippen molar-refractivity contribution in [3.63, 3.8) is 0 Å². The predicted octanol–water partition coefficient (Wildman–Crippen LogP) is 8.18. The topological polar surface area (TPSA) is 43.1 Å². The smallest absolute Gasteiger partial charge is 0.254 e. The Labute approximate surface area is 232 Å². The highest BCUT2D eigenvalue weighted by atomic mass is 16.2. The fraction of sp³-hybridized carbons (Fsp3) is 0.353. The van der Waals surface area contributed by atoms with Gasteiger partial charge in [0.2, 0.25) is 0 Å². The van der Waals surface area contributed by atoms with E-state index in [1.54, 1.807) is 0 Å². The first kappa shape index (κ1) is 26.7. The summed E-state index contributed by atoms with van der Waals surface area (Å²) in [6.45, 7) is 14.3. The summed E-state index contributed by atoms with van der Waals surface area (Å²) in [4.78, 5) is 20.6. The lowest BCUT2D eigenvalue weighted by molar-refractivity contribution is 0.0744. The van der Waals surface area contributed by atoms with E-state index in [1.165, 1.54) is 16.5 Å². The molecule has 1 amide bonds. The van der Waals surface area contributed by atoms with Crippen LogP contribution < -0.4 is 0 Å². The lowest BCUT2D eigenvalue weighted by Crippen LogP contribution is -2.33. The van der Waals surface area contributed by atoms with Gasteiger partial charge >= 0.3 is 0 Å². The van der Waals surface area contributed by atoms with Gasteiger partial charge in [-0.05, 0) is 69.0 Å². The second-order valence-electron chi connectivity index (χ2n) is 10.9. The summed E-state index contributed by atoms with van der Waals surface area (Å²) in [5.74, 6) is 1.59. The van der Waals surface area contributed by atoms with E-state index in [4.69, 9.17) is 4.98 Å². The van der Waals surface area contributed by atoms with E-state index in [0.717, 1.165) is 47.6 Å². The van der Waals surface area contributed by atoms with Gasteiger partial charge in [0.25, 0.3) is 5.91 Å². The molecule has 1 saturated heterocycles. The van der Waals surface area contributed by atoms with Crippen molar-refractivity contribution in [2.45, 2.75) is 66.6 Å². The van der Waals surface area contributed by atoms with E-state index in [9.17, 15) is 4.79 Å². The van der Waals surface area contributed by atoms with Gasteiger partial charge in [0, 0.05) is 41.6 Å². The van der Waals surface area contributed by atoms with Crippen LogP contribution in [0.3, 0.4) is 0 Å². The molecule has 0 spiro atoms. The Kier molecular flexibility index (Phi) is 7.60. The van der Waals surface area contributed by atoms with E-state index in [2.05, 4.69) is 104 Å². The summed E-state index contributed by atoms with van der Waals surface area (Å²) < 4.78 is 4.67. The number of amides is 1. The Hall–Kier alpha value is -3.86. The second-order valence-corrected chi connectivity index (χ2v) is 10.9. The Balaban J connectivity index is 0.00000151. The molecule has 1 unspecified atom stereocenters. The third-order valence-electron chi connectivity index (χ3n) is 7.72. The number of nitrogens with zero attached hydrogens (tertiary/aromatic N) is 4. The zero-order valence-electron chi connectivity index (χ0n) is 24.1. The Morgan fingerprint density at radius 1 is 0.923 bits per heavy atom. The molecule has 2 atom stereocenters. The van der Waals surface area contributed by atoms with Crippen LogP contribution in [-0.2, 0) is 6.54 Å². The van der Waals surface area contributed by atoms with Gasteiger partial charge in [0.15, 0.2) is 5.82 Å². The monoisotopic (exact) mass is 520 g/mol. The fourth-order valence-corrected chi connectivity index (χ4v) is 6.02. The number of likely N-dealkylation sites (tertiary alicyclic amines) is 1. The van der Waals surface area contributed by atoms with Crippen LogP contribution in [0.25, 0.3) is 33.5 Å². The van der Waals surface area contributed by atoms with Crippen molar-refractivity contribution in [1.82, 2.24) is 19.0 Å². The summed E-state index contributed by atoms with van der Waals surface area (Å²) in [5, 5.41) is 1.20. The second kappa shape index (κ2) is 11.1. The maximum absolute atomic E-state index is 13.4. The number of rotatable bonds is 5. The van der Waals surface area contributed by atoms with Crippen molar-refractivity contribution in [1.29, 1.82) is 0 Å². The molecule has 2 aromatic heterocycles. The van der Waals surface area contributed by atoms with Crippen LogP contribution in [0.15, 0.2) is 78.9 Å². The van der Waals surface area contributed by atoms with Crippen molar-refractivity contribution in [3.8, 4) is 11.5 Å². The van der Waals surface area contributed by atoms with Crippen molar-refractivity contribution in [2.75, 3.05) is 6.54 Å². The van der Waals surface area contributed by atoms with Gasteiger partial charge in [0.05, 0.1) is 16.7 Å². The molecule has 39 heavy (non-hydrogen) atoms. The maximum Gasteiger partial charge on any atom is 0.254 e. The SMILES string of the molecule is CC.CC1C[C@H](C)N(C(=O)c2ccc3c(c2)nc(-c2cc4ccccc4n2Cc2ccccc2)n3C(C)C)C1. The van der Waals surface area contributed by atoms with Gasteiger partial charge in [0.1, 0.15) is 0 Å². The average molecular weight is 521 g/mol. The number of benzene rings is 3. The molecule has 3 heterocycles. The number of carbonyl (C=O) groups excluding carboxylic acids is 1. The van der Waals surface area contributed by atoms with E-state index in [1.807, 2.05) is 30.9 Å². The van der Waals surface area contributed by atoms with Crippen LogP contribution in [0.5, 0.6) is 0 Å². The fourth-order valence-electron chi connectivity index (χ4n) is 6.02. The first-order valence-corrected chi connectivity index (χ1v) is 14.4. The number of imidazole rings is 1. The number of para-hydroxylation sites is 1. The molecule has 1 aliphatic heterocycles. The number of hydrogen-bond donors (Lipinski definition) is 0. The highest BCUT2D eigenvalue weighted by molar-refractivity contribution is 5.98. The number of carbonyl (C=O) groups is 1. The molecule has 1 fully saturated rings. The average Bonchev–Trinajstić information content (AvgIpc) is 3.62. The molecule has 0 N–H and O–H groups in total. The minimum absolute atomic E-state index is 0.109. The molecule has 5 aromatic rings. The predicted molar refractivity (Wildman–Crippen MR) is 162 cm³/mol. The van der Waals surface area contributed by atoms with Crippen molar-refractivity contribution < 1.29 is 4.79 Å². The molecule has 0 saturated carbocycles. The Morgan fingerprint density at radius 2 is 1.64 bits per heavy atom. The van der Waals surface area contributed by atoms with Crippen LogP contribution in [0.2, 0.25) is 0 Å². The summed E-state index contributed by atoms with van der Waals surface area (Å²) >= 11 is 0. The molecular weight excluding hydrogens is 480 g/mol. The van der Waals surface area contributed by atoms with Crippen LogP contribution in [0.4, 0.5) is 0 Å². The molecule has 202 valence electrons. The zero-order valence-corrected chi connectivity index (χ0v) is 24.1. The summed E-state index contributed by atoms with van der Waals surface area (Å²) in [7, 11) is 0. The van der Waals surface area contributed by atoms with E-state index < -0.39 is 0 Å². The number of hydrogen-bond acceptors (Lipinski definition) is 2. The van der Waals surface area contributed by atoms with E-state index >= 15 is 0 Å². The Bertz CT molecular complexity index is 1590. The lowest BCUT2D eigenvalue weighted by Gasteiger charge is -2.21. The number of fused-ring (bicyclic) bond motifs is 2. The quantitative estimate of drug-likeness (QED) is 0.234. The molecule has 0 aliphatic carbocycles. The molecule has 6 rings (SSSR count). The third kappa shape index (κ3) is 4.98. The summed E-state index contributed by atoms with van der Waals surface area (Å²) in [5.41, 5.74) is 6.17. The van der Waals surface area contributed by atoms with Gasteiger partial charge in [-0.15, -0.1) is 0 Å². The van der Waals surface area contributed by atoms with Crippen LogP contribution in [-0.4, -0.2) is 37.5 Å².